The number of piperidine rings is 1. The molecule has 0 amide bonds. The van der Waals surface area contributed by atoms with Gasteiger partial charge >= 0.3 is 6.55 Å². The number of nitrogens with one attached hydrogen (secondary N) is 3. The van der Waals surface area contributed by atoms with Gasteiger partial charge in [-0.05, 0) is 68.3 Å². The minimum atomic E-state index is -2.58. The fraction of sp³-hybridized carbons (Fsp3) is 0.500. The van der Waals surface area contributed by atoms with Crippen molar-refractivity contribution in [3.8, 4) is 11.3 Å². The standard InChI is InChI=1S/C34H41ClF2N8O/c1-21-6-5-9-30(28-13-23(10-11-38-28)33-29(39-16-21)18-42-45(33)34(36)37)43-20-40-27(15-31(43)46)26-14-25(35)12-24-17-41-44(32(24)26)19-22-7-3-2-4-8-22/h2-4,7-8,12,14-15,17,20-21,23,28-30,33-34,38-39,42H,5-6,9-11,13,16,18-19H2,1H3/t21-,23?,28?,29?,30+,33?/m1/s1. The summed E-state index contributed by atoms with van der Waals surface area (Å²) < 4.78 is 32.0. The Bertz CT molecular complexity index is 1710. The number of hydrazine groups is 1. The van der Waals surface area contributed by atoms with Crippen LogP contribution in [0.15, 0.2) is 65.8 Å². The molecule has 9 nitrogen and oxygen atoms in total. The van der Waals surface area contributed by atoms with Crippen LogP contribution in [0.5, 0.6) is 0 Å². The second-order valence-corrected chi connectivity index (χ2v) is 13.6. The van der Waals surface area contributed by atoms with Crippen molar-refractivity contribution >= 4 is 22.5 Å². The number of halogens is 3. The molecule has 46 heavy (non-hydrogen) atoms. The summed E-state index contributed by atoms with van der Waals surface area (Å²) in [6.07, 6.45) is 7.70. The molecule has 3 aliphatic heterocycles. The highest BCUT2D eigenvalue weighted by molar-refractivity contribution is 6.31. The molecule has 0 radical (unpaired) electrons. The van der Waals surface area contributed by atoms with E-state index >= 15 is 0 Å². The van der Waals surface area contributed by atoms with Crippen molar-refractivity contribution in [3.63, 3.8) is 0 Å². The first-order valence-corrected chi connectivity index (χ1v) is 16.8. The molecule has 2 aromatic carbocycles. The first-order valence-electron chi connectivity index (χ1n) is 16.4. The summed E-state index contributed by atoms with van der Waals surface area (Å²) in [5, 5.41) is 14.5. The van der Waals surface area contributed by atoms with Gasteiger partial charge in [0.2, 0.25) is 0 Å². The molecule has 3 N–H and O–H groups in total. The van der Waals surface area contributed by atoms with Crippen LogP contribution < -0.4 is 21.6 Å². The molecule has 2 bridgehead atoms. The molecule has 4 aromatic rings. The van der Waals surface area contributed by atoms with Gasteiger partial charge in [-0.1, -0.05) is 55.3 Å². The molecule has 7 rings (SSSR count). The van der Waals surface area contributed by atoms with Crippen LogP contribution in [0.1, 0.15) is 50.6 Å². The molecule has 4 unspecified atom stereocenters. The van der Waals surface area contributed by atoms with Crippen LogP contribution in [0.3, 0.4) is 0 Å². The van der Waals surface area contributed by atoms with Gasteiger partial charge in [-0.15, -0.1) is 0 Å². The number of benzene rings is 2. The maximum atomic E-state index is 14.1. The Morgan fingerprint density at radius 1 is 1.04 bits per heavy atom. The molecular weight excluding hydrogens is 610 g/mol. The van der Waals surface area contributed by atoms with Gasteiger partial charge in [0, 0.05) is 46.7 Å². The number of fused-ring (bicyclic) bond motifs is 5. The zero-order chi connectivity index (χ0) is 31.8. The number of hydrogen-bond donors (Lipinski definition) is 3. The van der Waals surface area contributed by atoms with Gasteiger partial charge in [-0.2, -0.15) is 18.9 Å². The van der Waals surface area contributed by atoms with E-state index in [1.807, 2.05) is 35.0 Å². The predicted octanol–water partition coefficient (Wildman–Crippen LogP) is 5.06. The monoisotopic (exact) mass is 650 g/mol. The third-order valence-corrected chi connectivity index (χ3v) is 10.3. The maximum absolute atomic E-state index is 14.1. The van der Waals surface area contributed by atoms with Gasteiger partial charge in [0.25, 0.3) is 5.56 Å². The van der Waals surface area contributed by atoms with E-state index in [2.05, 4.69) is 40.2 Å². The molecule has 5 heterocycles. The highest BCUT2D eigenvalue weighted by atomic mass is 35.5. The largest absolute Gasteiger partial charge is 0.312 e. The van der Waals surface area contributed by atoms with E-state index in [-0.39, 0.29) is 35.6 Å². The molecule has 3 fully saturated rings. The molecule has 0 saturated carbocycles. The van der Waals surface area contributed by atoms with Gasteiger partial charge < -0.3 is 10.6 Å². The lowest BCUT2D eigenvalue weighted by Gasteiger charge is -2.42. The van der Waals surface area contributed by atoms with E-state index in [1.165, 1.54) is 0 Å². The van der Waals surface area contributed by atoms with Gasteiger partial charge in [0.15, 0.2) is 0 Å². The summed E-state index contributed by atoms with van der Waals surface area (Å²) in [5.41, 5.74) is 6.10. The normalized spacial score (nSPS) is 27.8. The minimum Gasteiger partial charge on any atom is -0.312 e. The van der Waals surface area contributed by atoms with Crippen LogP contribution in [-0.4, -0.2) is 68.6 Å². The van der Waals surface area contributed by atoms with E-state index in [1.54, 1.807) is 23.2 Å². The smallest absolute Gasteiger partial charge is 0.307 e. The van der Waals surface area contributed by atoms with E-state index in [0.717, 1.165) is 59.3 Å². The number of hydrogen-bond acceptors (Lipinski definition) is 7. The number of aromatic nitrogens is 4. The lowest BCUT2D eigenvalue weighted by Crippen LogP contribution is -2.56. The van der Waals surface area contributed by atoms with Crippen LogP contribution in [0.4, 0.5) is 8.78 Å². The zero-order valence-electron chi connectivity index (χ0n) is 26.0. The highest BCUT2D eigenvalue weighted by Crippen LogP contribution is 2.36. The van der Waals surface area contributed by atoms with Crippen molar-refractivity contribution in [1.29, 1.82) is 0 Å². The summed E-state index contributed by atoms with van der Waals surface area (Å²) in [6, 6.07) is 14.9. The molecule has 0 aliphatic carbocycles. The molecule has 244 valence electrons. The van der Waals surface area contributed by atoms with Crippen molar-refractivity contribution in [2.24, 2.45) is 11.8 Å². The average molecular weight is 651 g/mol. The summed E-state index contributed by atoms with van der Waals surface area (Å²) in [4.78, 5) is 18.8. The molecule has 12 heteroatoms. The average Bonchev–Trinajstić information content (AvgIpc) is 3.66. The lowest BCUT2D eigenvalue weighted by atomic mass is 9.79. The topological polar surface area (TPSA) is 92.0 Å². The molecule has 3 saturated heterocycles. The SMILES string of the molecule is C[C@@H]1CCC[C@H](n2cnc(-c3cc(Cl)cc4cnn(Cc5ccccc5)c34)cc2=O)C2CC(CCN2)C2C(CNN2C(F)F)NC1. The number of rotatable bonds is 5. The van der Waals surface area contributed by atoms with E-state index in [4.69, 9.17) is 16.6 Å². The molecule has 0 spiro atoms. The Kier molecular flexibility index (Phi) is 9.20. The fourth-order valence-electron chi connectivity index (χ4n) is 7.89. The van der Waals surface area contributed by atoms with Gasteiger partial charge in [0.05, 0.1) is 36.3 Å². The van der Waals surface area contributed by atoms with Crippen LogP contribution in [0, 0.1) is 11.8 Å². The number of alkyl halides is 2. The van der Waals surface area contributed by atoms with Crippen molar-refractivity contribution in [2.75, 3.05) is 19.6 Å². The molecule has 2 aromatic heterocycles. The summed E-state index contributed by atoms with van der Waals surface area (Å²) in [6.45, 7) is 2.18. The zero-order valence-corrected chi connectivity index (χ0v) is 26.7. The Balaban J connectivity index is 1.22. The summed E-state index contributed by atoms with van der Waals surface area (Å²) in [7, 11) is 0. The number of nitrogens with zero attached hydrogens (tertiary/aromatic N) is 5. The first-order chi connectivity index (χ1) is 22.4. The Hall–Kier alpha value is -3.22. The first kappa shape index (κ1) is 31.4. The van der Waals surface area contributed by atoms with Crippen LogP contribution >= 0.6 is 11.6 Å². The Morgan fingerprint density at radius 2 is 1.89 bits per heavy atom. The maximum Gasteiger partial charge on any atom is 0.307 e. The van der Waals surface area contributed by atoms with E-state index in [9.17, 15) is 13.6 Å². The molecule has 6 atom stereocenters. The summed E-state index contributed by atoms with van der Waals surface area (Å²) >= 11 is 6.55. The van der Waals surface area contributed by atoms with Crippen LogP contribution in [0.25, 0.3) is 22.2 Å². The third-order valence-electron chi connectivity index (χ3n) is 10.1. The quantitative estimate of drug-likeness (QED) is 0.260. The third kappa shape index (κ3) is 6.35. The van der Waals surface area contributed by atoms with Crippen molar-refractivity contribution in [1.82, 2.24) is 40.4 Å². The van der Waals surface area contributed by atoms with Crippen LogP contribution in [0.2, 0.25) is 5.02 Å². The highest BCUT2D eigenvalue weighted by Gasteiger charge is 2.45. The Labute approximate surface area is 272 Å². The van der Waals surface area contributed by atoms with Crippen molar-refractivity contribution in [3.05, 3.63) is 82.0 Å². The van der Waals surface area contributed by atoms with Gasteiger partial charge in [-0.3, -0.25) is 14.0 Å². The van der Waals surface area contributed by atoms with Gasteiger partial charge in [-0.25, -0.2) is 10.4 Å². The lowest BCUT2D eigenvalue weighted by molar-refractivity contribution is -0.0841. The van der Waals surface area contributed by atoms with E-state index in [0.29, 0.717) is 42.7 Å². The van der Waals surface area contributed by atoms with Gasteiger partial charge in [0.1, 0.15) is 0 Å². The Morgan fingerprint density at radius 3 is 2.70 bits per heavy atom. The fourth-order valence-corrected chi connectivity index (χ4v) is 8.12. The molecule has 3 aliphatic rings. The second kappa shape index (κ2) is 13.5. The van der Waals surface area contributed by atoms with Crippen molar-refractivity contribution < 1.29 is 8.78 Å². The predicted molar refractivity (Wildman–Crippen MR) is 176 cm³/mol. The summed E-state index contributed by atoms with van der Waals surface area (Å²) in [5.74, 6) is 0.440. The van der Waals surface area contributed by atoms with Crippen LogP contribution in [-0.2, 0) is 6.54 Å². The van der Waals surface area contributed by atoms with Crippen molar-refractivity contribution in [2.45, 2.75) is 76.3 Å². The molecular formula is C34H41ClF2N8O. The second-order valence-electron chi connectivity index (χ2n) is 13.2. The minimum absolute atomic E-state index is 0.0372. The van der Waals surface area contributed by atoms with E-state index < -0.39 is 6.55 Å².